The lowest BCUT2D eigenvalue weighted by Gasteiger charge is -2.20. The molecule has 0 aliphatic rings. The van der Waals surface area contributed by atoms with Crippen LogP contribution in [0.25, 0.3) is 11.4 Å². The van der Waals surface area contributed by atoms with E-state index >= 15 is 0 Å². The van der Waals surface area contributed by atoms with Crippen LogP contribution in [-0.4, -0.2) is 55.2 Å². The fraction of sp³-hybridized carbons (Fsp3) is 0.357. The number of anilines is 2. The highest BCUT2D eigenvalue weighted by Gasteiger charge is 2.19. The van der Waals surface area contributed by atoms with Gasteiger partial charge in [0.1, 0.15) is 12.5 Å². The van der Waals surface area contributed by atoms with Crippen molar-refractivity contribution in [3.63, 3.8) is 0 Å². The molecule has 0 saturated carbocycles. The second kappa shape index (κ2) is 8.36. The molecule has 2 rings (SSSR count). The van der Waals surface area contributed by atoms with Gasteiger partial charge in [-0.2, -0.15) is 20.0 Å². The zero-order valence-electron chi connectivity index (χ0n) is 13.8. The molecule has 10 nitrogen and oxygen atoms in total. The van der Waals surface area contributed by atoms with Crippen molar-refractivity contribution in [1.29, 1.82) is 0 Å². The summed E-state index contributed by atoms with van der Waals surface area (Å²) in [5, 5.41) is 11.5. The Morgan fingerprint density at radius 1 is 0.917 bits per heavy atom. The van der Waals surface area contributed by atoms with Crippen molar-refractivity contribution in [2.45, 2.75) is 0 Å². The average Bonchev–Trinajstić information content (AvgIpc) is 2.63. The van der Waals surface area contributed by atoms with E-state index in [0.29, 0.717) is 17.1 Å². The van der Waals surface area contributed by atoms with Gasteiger partial charge in [0.05, 0.1) is 34.0 Å². The monoisotopic (exact) mass is 337 g/mol. The molecule has 1 aromatic heterocycles. The molecule has 0 radical (unpaired) electrons. The predicted octanol–water partition coefficient (Wildman–Crippen LogP) is 0.794. The number of aromatic nitrogens is 3. The van der Waals surface area contributed by atoms with E-state index in [1.807, 2.05) is 12.1 Å². The van der Waals surface area contributed by atoms with Crippen LogP contribution in [0.4, 0.5) is 11.9 Å². The Bertz CT molecular complexity index is 634. The van der Waals surface area contributed by atoms with E-state index in [1.54, 1.807) is 19.2 Å². The topological polar surface area (TPSA) is 102 Å². The summed E-state index contributed by atoms with van der Waals surface area (Å²) in [6.45, 7) is -0.453. The number of para-hydroxylation sites is 1. The maximum Gasteiger partial charge on any atom is 0.283 e. The lowest BCUT2D eigenvalue weighted by atomic mass is 10.2. The van der Waals surface area contributed by atoms with Gasteiger partial charge in [-0.3, -0.25) is 4.84 Å². The molecule has 0 amide bonds. The molecular weight excluding hydrogens is 318 g/mol. The highest BCUT2D eigenvalue weighted by molar-refractivity contribution is 5.65. The first kappa shape index (κ1) is 17.8. The number of ether oxygens (including phenoxy) is 1. The molecule has 1 aromatic carbocycles. The number of rotatable bonds is 8. The van der Waals surface area contributed by atoms with Gasteiger partial charge < -0.3 is 9.84 Å². The zero-order chi connectivity index (χ0) is 17.5. The molecule has 0 saturated heterocycles. The van der Waals surface area contributed by atoms with E-state index in [0.717, 1.165) is 10.3 Å². The molecule has 0 atom stereocenters. The van der Waals surface area contributed by atoms with Crippen molar-refractivity contribution >= 4 is 11.9 Å². The Hall–Kier alpha value is -2.53. The lowest BCUT2D eigenvalue weighted by molar-refractivity contribution is -0.0472. The standard InChI is InChI=1S/C14H19N5O5/c1-21-11-8-6-5-7-10(11)12-15-13(18(9-20)22-2)17-14(16-12)19(23-3)24-4/h5-8,20H,9H2,1-4H3. The third kappa shape index (κ3) is 3.68. The molecule has 1 N–H and O–H groups in total. The minimum atomic E-state index is -0.453. The maximum absolute atomic E-state index is 9.39. The highest BCUT2D eigenvalue weighted by atomic mass is 16.9. The second-order valence-electron chi connectivity index (χ2n) is 4.28. The van der Waals surface area contributed by atoms with Crippen molar-refractivity contribution in [3.8, 4) is 17.1 Å². The summed E-state index contributed by atoms with van der Waals surface area (Å²) < 4.78 is 5.34. The molecule has 10 heteroatoms. The molecule has 0 spiro atoms. The Labute approximate surface area is 139 Å². The number of hydroxylamine groups is 1. The Balaban J connectivity index is 2.61. The Morgan fingerprint density at radius 3 is 2.17 bits per heavy atom. The van der Waals surface area contributed by atoms with Crippen LogP contribution < -0.4 is 15.0 Å². The van der Waals surface area contributed by atoms with Crippen molar-refractivity contribution in [2.24, 2.45) is 0 Å². The summed E-state index contributed by atoms with van der Waals surface area (Å²) in [7, 11) is 5.73. The van der Waals surface area contributed by atoms with Gasteiger partial charge >= 0.3 is 0 Å². The molecule has 0 fully saturated rings. The van der Waals surface area contributed by atoms with Gasteiger partial charge in [-0.05, 0) is 12.1 Å². The molecule has 0 aliphatic carbocycles. The van der Waals surface area contributed by atoms with Crippen LogP contribution in [0.1, 0.15) is 0 Å². The molecule has 24 heavy (non-hydrogen) atoms. The third-order valence-electron chi connectivity index (χ3n) is 3.03. The van der Waals surface area contributed by atoms with Crippen LogP contribution in [0, 0.1) is 0 Å². The number of aliphatic hydroxyl groups excluding tert-OH is 1. The minimum absolute atomic E-state index is 0.0707. The summed E-state index contributed by atoms with van der Waals surface area (Å²) >= 11 is 0. The first-order valence-electron chi connectivity index (χ1n) is 6.88. The maximum atomic E-state index is 9.39. The third-order valence-corrected chi connectivity index (χ3v) is 3.03. The summed E-state index contributed by atoms with van der Waals surface area (Å²) in [6.07, 6.45) is 0. The largest absolute Gasteiger partial charge is 0.496 e. The Kier molecular flexibility index (Phi) is 6.21. The molecule has 0 bridgehead atoms. The molecular formula is C14H19N5O5. The summed E-state index contributed by atoms with van der Waals surface area (Å²) in [6, 6.07) is 7.23. The Morgan fingerprint density at radius 2 is 1.58 bits per heavy atom. The van der Waals surface area contributed by atoms with E-state index < -0.39 is 6.73 Å². The first-order valence-corrected chi connectivity index (χ1v) is 6.88. The van der Waals surface area contributed by atoms with Gasteiger partial charge in [-0.15, -0.1) is 0 Å². The summed E-state index contributed by atoms with van der Waals surface area (Å²) in [5.74, 6) is 1.02. The normalized spacial score (nSPS) is 10.5. The zero-order valence-corrected chi connectivity index (χ0v) is 13.8. The quantitative estimate of drug-likeness (QED) is 0.549. The average molecular weight is 337 g/mol. The van der Waals surface area contributed by atoms with Gasteiger partial charge in [-0.25, -0.2) is 9.68 Å². The highest BCUT2D eigenvalue weighted by Crippen LogP contribution is 2.29. The van der Waals surface area contributed by atoms with E-state index in [4.69, 9.17) is 19.2 Å². The van der Waals surface area contributed by atoms with Crippen molar-refractivity contribution in [1.82, 2.24) is 15.0 Å². The molecule has 0 unspecified atom stereocenters. The van der Waals surface area contributed by atoms with Crippen LogP contribution >= 0.6 is 0 Å². The number of nitrogens with zero attached hydrogens (tertiary/aromatic N) is 5. The van der Waals surface area contributed by atoms with E-state index in [2.05, 4.69) is 15.0 Å². The minimum Gasteiger partial charge on any atom is -0.496 e. The van der Waals surface area contributed by atoms with Crippen LogP contribution in [0.15, 0.2) is 24.3 Å². The van der Waals surface area contributed by atoms with Crippen molar-refractivity contribution in [3.05, 3.63) is 24.3 Å². The number of hydrogen-bond donors (Lipinski definition) is 1. The molecule has 130 valence electrons. The summed E-state index contributed by atoms with van der Waals surface area (Å²) in [5.41, 5.74) is 0.631. The number of hydrogen-bond acceptors (Lipinski definition) is 10. The van der Waals surface area contributed by atoms with Crippen LogP contribution in [-0.2, 0) is 14.5 Å². The fourth-order valence-corrected chi connectivity index (χ4v) is 1.94. The van der Waals surface area contributed by atoms with E-state index in [9.17, 15) is 5.11 Å². The van der Waals surface area contributed by atoms with Gasteiger partial charge in [0, 0.05) is 0 Å². The van der Waals surface area contributed by atoms with Gasteiger partial charge in [0.2, 0.25) is 0 Å². The number of aliphatic hydroxyl groups is 1. The van der Waals surface area contributed by atoms with Crippen LogP contribution in [0.3, 0.4) is 0 Å². The van der Waals surface area contributed by atoms with Gasteiger partial charge in [0.15, 0.2) is 5.82 Å². The second-order valence-corrected chi connectivity index (χ2v) is 4.28. The smallest absolute Gasteiger partial charge is 0.283 e. The number of methoxy groups -OCH3 is 1. The first-order chi connectivity index (χ1) is 11.7. The number of benzene rings is 1. The predicted molar refractivity (Wildman–Crippen MR) is 84.9 cm³/mol. The van der Waals surface area contributed by atoms with Crippen molar-refractivity contribution in [2.75, 3.05) is 45.5 Å². The van der Waals surface area contributed by atoms with E-state index in [1.165, 1.54) is 21.3 Å². The van der Waals surface area contributed by atoms with Crippen molar-refractivity contribution < 1.29 is 24.4 Å². The van der Waals surface area contributed by atoms with Gasteiger partial charge in [0.25, 0.3) is 11.9 Å². The molecule has 1 heterocycles. The SMILES string of the molecule is COc1ccccc1-c1nc(N(CO)OC)nc(N(OC)OC)n1. The summed E-state index contributed by atoms with van der Waals surface area (Å²) in [4.78, 5) is 27.9. The van der Waals surface area contributed by atoms with E-state index in [-0.39, 0.29) is 11.9 Å². The fourth-order valence-electron chi connectivity index (χ4n) is 1.94. The lowest BCUT2D eigenvalue weighted by Crippen LogP contribution is -2.28. The van der Waals surface area contributed by atoms with Crippen LogP contribution in [0.2, 0.25) is 0 Å². The molecule has 2 aromatic rings. The van der Waals surface area contributed by atoms with Gasteiger partial charge in [-0.1, -0.05) is 17.4 Å². The van der Waals surface area contributed by atoms with Crippen LogP contribution in [0.5, 0.6) is 5.75 Å². The molecule has 0 aliphatic heterocycles.